The van der Waals surface area contributed by atoms with Crippen LogP contribution in [0.4, 0.5) is 0 Å². The van der Waals surface area contributed by atoms with Crippen LogP contribution in [0, 0.1) is 13.8 Å². The van der Waals surface area contributed by atoms with Crippen molar-refractivity contribution in [2.75, 3.05) is 14.2 Å². The van der Waals surface area contributed by atoms with Crippen molar-refractivity contribution in [1.29, 1.82) is 0 Å². The highest BCUT2D eigenvalue weighted by molar-refractivity contribution is 5.53. The molecule has 0 spiro atoms. The zero-order chi connectivity index (χ0) is 20.0. The molecule has 0 unspecified atom stereocenters. The predicted octanol–water partition coefficient (Wildman–Crippen LogP) is 5.11. The summed E-state index contributed by atoms with van der Waals surface area (Å²) in [7, 11) is 3.31. The second-order valence-corrected chi connectivity index (χ2v) is 6.99. The summed E-state index contributed by atoms with van der Waals surface area (Å²) in [5, 5.41) is 21.6. The van der Waals surface area contributed by atoms with E-state index >= 15 is 0 Å². The van der Waals surface area contributed by atoms with Crippen molar-refractivity contribution in [3.8, 4) is 11.5 Å². The number of aryl methyl sites for hydroxylation is 2. The van der Waals surface area contributed by atoms with Gasteiger partial charge in [0.2, 0.25) is 0 Å². The van der Waals surface area contributed by atoms with Crippen molar-refractivity contribution >= 4 is 0 Å². The minimum atomic E-state index is -0.158. The maximum atomic E-state index is 10.8. The number of methoxy groups -OCH3 is 2. The highest BCUT2D eigenvalue weighted by atomic mass is 16.5. The molecule has 0 aliphatic carbocycles. The Morgan fingerprint density at radius 2 is 1.33 bits per heavy atom. The molecule has 0 heterocycles. The van der Waals surface area contributed by atoms with E-state index in [2.05, 4.69) is 6.58 Å². The Balaban J connectivity index is 2.65. The first-order chi connectivity index (χ1) is 12.9. The minimum Gasteiger partial charge on any atom is -0.507 e. The van der Waals surface area contributed by atoms with Gasteiger partial charge >= 0.3 is 0 Å². The molecular weight excluding hydrogens is 340 g/mol. The molecule has 0 atom stereocenters. The molecule has 2 N–H and O–H groups in total. The second kappa shape index (κ2) is 9.58. The van der Waals surface area contributed by atoms with Crippen molar-refractivity contribution in [3.63, 3.8) is 0 Å². The molecule has 0 saturated heterocycles. The van der Waals surface area contributed by atoms with Crippen LogP contribution < -0.4 is 0 Å². The molecule has 4 heteroatoms. The molecule has 2 rings (SSSR count). The largest absolute Gasteiger partial charge is 0.507 e. The summed E-state index contributed by atoms with van der Waals surface area (Å²) in [4.78, 5) is 0. The molecule has 2 aromatic rings. The van der Waals surface area contributed by atoms with Gasteiger partial charge in [0.15, 0.2) is 0 Å². The molecule has 0 radical (unpaired) electrons. The van der Waals surface area contributed by atoms with Crippen LogP contribution in [0.2, 0.25) is 0 Å². The van der Waals surface area contributed by atoms with Gasteiger partial charge in [-0.15, -0.1) is 6.58 Å². The summed E-state index contributed by atoms with van der Waals surface area (Å²) in [6.07, 6.45) is 3.36. The molecule has 27 heavy (non-hydrogen) atoms. The first-order valence-corrected chi connectivity index (χ1v) is 9.16. The Labute approximate surface area is 162 Å². The van der Waals surface area contributed by atoms with Crippen LogP contribution in [-0.4, -0.2) is 24.4 Å². The number of allylic oxidation sites excluding steroid dienone is 1. The van der Waals surface area contributed by atoms with Gasteiger partial charge in [0.25, 0.3) is 0 Å². The fourth-order valence-electron chi connectivity index (χ4n) is 3.56. The average Bonchev–Trinajstić information content (AvgIpc) is 2.63. The molecule has 0 aromatic heterocycles. The lowest BCUT2D eigenvalue weighted by atomic mass is 9.83. The fraction of sp³-hybridized carbons (Fsp3) is 0.391. The second-order valence-electron chi connectivity index (χ2n) is 6.99. The van der Waals surface area contributed by atoms with E-state index in [0.29, 0.717) is 13.2 Å². The van der Waals surface area contributed by atoms with Gasteiger partial charge in [-0.05, 0) is 61.1 Å². The topological polar surface area (TPSA) is 58.9 Å². The van der Waals surface area contributed by atoms with Crippen molar-refractivity contribution in [2.24, 2.45) is 0 Å². The van der Waals surface area contributed by atoms with E-state index in [4.69, 9.17) is 9.47 Å². The number of aromatic hydroxyl groups is 2. The molecule has 0 aliphatic rings. The Hall–Kier alpha value is -2.30. The van der Waals surface area contributed by atoms with Gasteiger partial charge in [-0.1, -0.05) is 18.2 Å². The standard InChI is InChI=1S/C23H30O4/c1-6-7-8-19(20-11-17(13-26-4)9-15(2)22(20)24)21-12-18(14-27-5)10-16(3)23(21)25/h6,9-12,19,24-25H,1,7-8,13-14H2,2-5H3. The van der Waals surface area contributed by atoms with Gasteiger partial charge in [0.05, 0.1) is 13.2 Å². The molecule has 0 aliphatic heterocycles. The molecule has 4 nitrogen and oxygen atoms in total. The van der Waals surface area contributed by atoms with Crippen molar-refractivity contribution in [3.05, 3.63) is 70.3 Å². The van der Waals surface area contributed by atoms with Gasteiger partial charge < -0.3 is 19.7 Å². The quantitative estimate of drug-likeness (QED) is 0.603. The number of phenols is 2. The van der Waals surface area contributed by atoms with Gasteiger partial charge in [-0.2, -0.15) is 0 Å². The van der Waals surface area contributed by atoms with Gasteiger partial charge in [-0.3, -0.25) is 0 Å². The van der Waals surface area contributed by atoms with Crippen LogP contribution in [0.3, 0.4) is 0 Å². The molecule has 0 saturated carbocycles. The van der Waals surface area contributed by atoms with E-state index in [9.17, 15) is 10.2 Å². The van der Waals surface area contributed by atoms with Crippen LogP contribution in [0.15, 0.2) is 36.9 Å². The Kier molecular flexibility index (Phi) is 7.45. The first-order valence-electron chi connectivity index (χ1n) is 9.16. The summed E-state index contributed by atoms with van der Waals surface area (Å²) < 4.78 is 10.5. The van der Waals surface area contributed by atoms with Gasteiger partial charge in [0, 0.05) is 31.3 Å². The lowest BCUT2D eigenvalue weighted by Gasteiger charge is -2.23. The van der Waals surface area contributed by atoms with Gasteiger partial charge in [-0.25, -0.2) is 0 Å². The molecule has 0 amide bonds. The first kappa shape index (κ1) is 21.0. The molecule has 2 aromatic carbocycles. The highest BCUT2D eigenvalue weighted by Crippen LogP contribution is 2.42. The molecule has 0 fully saturated rings. The van der Waals surface area contributed by atoms with E-state index < -0.39 is 0 Å². The number of ether oxygens (including phenoxy) is 2. The van der Waals surface area contributed by atoms with Crippen LogP contribution in [-0.2, 0) is 22.7 Å². The predicted molar refractivity (Wildman–Crippen MR) is 108 cm³/mol. The number of benzene rings is 2. The van der Waals surface area contributed by atoms with E-state index in [1.165, 1.54) is 0 Å². The zero-order valence-electron chi connectivity index (χ0n) is 16.7. The number of rotatable bonds is 9. The van der Waals surface area contributed by atoms with Crippen LogP contribution >= 0.6 is 0 Å². The van der Waals surface area contributed by atoms with E-state index in [-0.39, 0.29) is 17.4 Å². The lowest BCUT2D eigenvalue weighted by Crippen LogP contribution is -2.06. The zero-order valence-corrected chi connectivity index (χ0v) is 16.7. The number of phenolic OH excluding ortho intramolecular Hbond substituents is 2. The van der Waals surface area contributed by atoms with Crippen LogP contribution in [0.1, 0.15) is 52.1 Å². The monoisotopic (exact) mass is 370 g/mol. The smallest absolute Gasteiger partial charge is 0.122 e. The Bertz CT molecular complexity index is 734. The van der Waals surface area contributed by atoms with Gasteiger partial charge in [0.1, 0.15) is 11.5 Å². The third-order valence-electron chi connectivity index (χ3n) is 4.81. The maximum Gasteiger partial charge on any atom is 0.122 e. The number of hydrogen-bond acceptors (Lipinski definition) is 4. The average molecular weight is 370 g/mol. The summed E-state index contributed by atoms with van der Waals surface area (Å²) >= 11 is 0. The van der Waals surface area contributed by atoms with E-state index in [1.54, 1.807) is 14.2 Å². The molecular formula is C23H30O4. The summed E-state index contributed by atoms with van der Waals surface area (Å²) in [6.45, 7) is 8.54. The number of hydrogen-bond donors (Lipinski definition) is 2. The lowest BCUT2D eigenvalue weighted by molar-refractivity contribution is 0.184. The van der Waals surface area contributed by atoms with Crippen molar-refractivity contribution < 1.29 is 19.7 Å². The maximum absolute atomic E-state index is 10.8. The SMILES string of the molecule is C=CCCC(c1cc(COC)cc(C)c1O)c1cc(COC)cc(C)c1O. The highest BCUT2D eigenvalue weighted by Gasteiger charge is 2.23. The van der Waals surface area contributed by atoms with Crippen LogP contribution in [0.25, 0.3) is 0 Å². The van der Waals surface area contributed by atoms with Crippen molar-refractivity contribution in [2.45, 2.75) is 45.8 Å². The minimum absolute atomic E-state index is 0.158. The summed E-state index contributed by atoms with van der Waals surface area (Å²) in [6, 6.07) is 7.80. The fourth-order valence-corrected chi connectivity index (χ4v) is 3.56. The van der Waals surface area contributed by atoms with E-state index in [0.717, 1.165) is 46.2 Å². The third-order valence-corrected chi connectivity index (χ3v) is 4.81. The normalized spacial score (nSPS) is 11.1. The van der Waals surface area contributed by atoms with Crippen LogP contribution in [0.5, 0.6) is 11.5 Å². The summed E-state index contributed by atoms with van der Waals surface area (Å²) in [5.74, 6) is 0.366. The molecule has 146 valence electrons. The Morgan fingerprint density at radius 1 is 0.889 bits per heavy atom. The summed E-state index contributed by atoms with van der Waals surface area (Å²) in [5.41, 5.74) is 5.19. The molecule has 0 bridgehead atoms. The van der Waals surface area contributed by atoms with Crippen molar-refractivity contribution in [1.82, 2.24) is 0 Å². The van der Waals surface area contributed by atoms with E-state index in [1.807, 2.05) is 44.2 Å². The third kappa shape index (κ3) is 4.90. The Morgan fingerprint density at radius 3 is 1.70 bits per heavy atom.